The van der Waals surface area contributed by atoms with Crippen molar-refractivity contribution >= 4 is 17.5 Å². The second kappa shape index (κ2) is 11.2. The Bertz CT molecular complexity index is 733. The Morgan fingerprint density at radius 1 is 1.26 bits per heavy atom. The van der Waals surface area contributed by atoms with Crippen LogP contribution in [0.25, 0.3) is 5.65 Å². The molecule has 2 heterocycles. The molecule has 2 rings (SSSR count). The summed E-state index contributed by atoms with van der Waals surface area (Å²) >= 11 is 0. The van der Waals surface area contributed by atoms with Gasteiger partial charge in [0.2, 0.25) is 5.91 Å². The maximum Gasteiger partial charge on any atom is 0.255 e. The first-order valence-electron chi connectivity index (χ1n) is 9.07. The van der Waals surface area contributed by atoms with Gasteiger partial charge < -0.3 is 19.7 Å². The van der Waals surface area contributed by atoms with Gasteiger partial charge in [-0.15, -0.1) is 10.2 Å². The number of ether oxygens (including phenoxy) is 2. The maximum absolute atomic E-state index is 12.8. The third-order valence-corrected chi connectivity index (χ3v) is 3.97. The van der Waals surface area contributed by atoms with Crippen molar-refractivity contribution in [3.8, 4) is 0 Å². The molecule has 0 saturated carbocycles. The van der Waals surface area contributed by atoms with Crippen molar-refractivity contribution in [2.75, 3.05) is 46.6 Å². The van der Waals surface area contributed by atoms with Crippen molar-refractivity contribution < 1.29 is 19.1 Å². The first-order valence-corrected chi connectivity index (χ1v) is 9.07. The zero-order valence-electron chi connectivity index (χ0n) is 15.9. The number of aromatic nitrogens is 3. The molecule has 148 valence electrons. The number of amides is 2. The molecule has 0 aliphatic heterocycles. The summed E-state index contributed by atoms with van der Waals surface area (Å²) in [4.78, 5) is 26.2. The van der Waals surface area contributed by atoms with Crippen LogP contribution in [0.2, 0.25) is 0 Å². The molecule has 0 saturated heterocycles. The van der Waals surface area contributed by atoms with Gasteiger partial charge in [0.1, 0.15) is 12.9 Å². The molecule has 0 bridgehead atoms. The quantitative estimate of drug-likeness (QED) is 0.548. The largest absolute Gasteiger partial charge is 0.383 e. The Morgan fingerprint density at radius 3 is 2.89 bits per heavy atom. The molecule has 2 aromatic rings. The average Bonchev–Trinajstić information content (AvgIpc) is 3.15. The molecule has 0 aliphatic rings. The molecule has 2 aromatic heterocycles. The number of hydrogen-bond donors (Lipinski definition) is 1. The van der Waals surface area contributed by atoms with E-state index in [1.807, 2.05) is 0 Å². The number of rotatable bonds is 12. The summed E-state index contributed by atoms with van der Waals surface area (Å²) in [6, 6.07) is 3.45. The summed E-state index contributed by atoms with van der Waals surface area (Å²) in [5.74, 6) is -0.327. The fourth-order valence-electron chi connectivity index (χ4n) is 2.45. The Labute approximate surface area is 158 Å². The van der Waals surface area contributed by atoms with Gasteiger partial charge in [0.05, 0.1) is 12.2 Å². The zero-order chi connectivity index (χ0) is 19.5. The monoisotopic (exact) mass is 377 g/mol. The van der Waals surface area contributed by atoms with Crippen molar-refractivity contribution in [3.63, 3.8) is 0 Å². The molecule has 0 spiro atoms. The number of nitrogens with zero attached hydrogens (tertiary/aromatic N) is 4. The highest BCUT2D eigenvalue weighted by atomic mass is 16.5. The smallest absolute Gasteiger partial charge is 0.255 e. The molecule has 9 heteroatoms. The van der Waals surface area contributed by atoms with Crippen LogP contribution in [0.4, 0.5) is 0 Å². The molecule has 9 nitrogen and oxygen atoms in total. The molecular formula is C18H27N5O4. The van der Waals surface area contributed by atoms with Crippen LogP contribution < -0.4 is 5.32 Å². The number of methoxy groups -OCH3 is 1. The number of unbranched alkanes of at least 4 members (excludes halogenated alkanes) is 1. The van der Waals surface area contributed by atoms with Gasteiger partial charge in [-0.2, -0.15) is 0 Å². The number of hydrogen-bond acceptors (Lipinski definition) is 6. The van der Waals surface area contributed by atoms with Gasteiger partial charge in [-0.05, 0) is 18.6 Å². The second-order valence-electron chi connectivity index (χ2n) is 6.06. The van der Waals surface area contributed by atoms with Crippen LogP contribution in [0, 0.1) is 0 Å². The normalized spacial score (nSPS) is 10.9. The molecule has 0 aromatic carbocycles. The minimum atomic E-state index is -0.184. The Balaban J connectivity index is 1.87. The molecule has 0 radical (unpaired) electrons. The minimum absolute atomic E-state index is 0.0380. The lowest BCUT2D eigenvalue weighted by molar-refractivity contribution is -0.125. The van der Waals surface area contributed by atoms with E-state index in [0.717, 1.165) is 12.8 Å². The Morgan fingerprint density at radius 2 is 2.11 bits per heavy atom. The number of nitrogens with one attached hydrogen (secondary N) is 1. The number of pyridine rings is 1. The van der Waals surface area contributed by atoms with Crippen LogP contribution in [0.5, 0.6) is 0 Å². The molecule has 0 aliphatic carbocycles. The van der Waals surface area contributed by atoms with Crippen molar-refractivity contribution in [1.82, 2.24) is 24.8 Å². The number of carbonyl (C=O) groups is 2. The van der Waals surface area contributed by atoms with E-state index in [-0.39, 0.29) is 18.4 Å². The van der Waals surface area contributed by atoms with E-state index >= 15 is 0 Å². The molecule has 0 atom stereocenters. The summed E-state index contributed by atoms with van der Waals surface area (Å²) in [7, 11) is 1.58. The summed E-state index contributed by atoms with van der Waals surface area (Å²) in [6.07, 6.45) is 5.20. The summed E-state index contributed by atoms with van der Waals surface area (Å²) in [5, 5.41) is 10.5. The fraction of sp³-hybridized carbons (Fsp3) is 0.556. The zero-order valence-corrected chi connectivity index (χ0v) is 15.9. The molecule has 2 amide bonds. The standard InChI is InChI=1S/C18H27N5O4/c1-3-4-10-27-13-17(24)19-7-8-22(9-11-26-2)18(25)15-5-6-16-21-20-14-23(16)12-15/h5-6,12,14H,3-4,7-11,13H2,1-2H3,(H,19,24). The predicted molar refractivity (Wildman–Crippen MR) is 99.5 cm³/mol. The van der Waals surface area contributed by atoms with Gasteiger partial charge in [-0.25, -0.2) is 0 Å². The Kier molecular flexibility index (Phi) is 8.66. The Hall–Kier alpha value is -2.52. The van der Waals surface area contributed by atoms with Crippen LogP contribution >= 0.6 is 0 Å². The van der Waals surface area contributed by atoms with E-state index in [1.54, 1.807) is 41.1 Å². The van der Waals surface area contributed by atoms with E-state index in [0.29, 0.717) is 44.1 Å². The van der Waals surface area contributed by atoms with Gasteiger partial charge in [0.15, 0.2) is 5.65 Å². The average molecular weight is 377 g/mol. The van der Waals surface area contributed by atoms with Crippen LogP contribution in [0.15, 0.2) is 24.7 Å². The third kappa shape index (κ3) is 6.61. The lowest BCUT2D eigenvalue weighted by Crippen LogP contribution is -2.41. The summed E-state index contributed by atoms with van der Waals surface area (Å²) in [5.41, 5.74) is 1.19. The van der Waals surface area contributed by atoms with Gasteiger partial charge in [0.25, 0.3) is 5.91 Å². The highest BCUT2D eigenvalue weighted by Crippen LogP contribution is 2.07. The topological polar surface area (TPSA) is 98.1 Å². The first kappa shape index (κ1) is 20.8. The lowest BCUT2D eigenvalue weighted by atomic mass is 10.2. The number of fused-ring (bicyclic) bond motifs is 1. The van der Waals surface area contributed by atoms with Gasteiger partial charge in [0, 0.05) is 39.5 Å². The number of carbonyl (C=O) groups excluding carboxylic acids is 2. The highest BCUT2D eigenvalue weighted by molar-refractivity contribution is 5.94. The minimum Gasteiger partial charge on any atom is -0.383 e. The first-order chi connectivity index (χ1) is 13.2. The predicted octanol–water partition coefficient (Wildman–Crippen LogP) is 0.751. The van der Waals surface area contributed by atoms with Crippen molar-refractivity contribution in [1.29, 1.82) is 0 Å². The van der Waals surface area contributed by atoms with Gasteiger partial charge in [-0.1, -0.05) is 13.3 Å². The molecule has 0 unspecified atom stereocenters. The van der Waals surface area contributed by atoms with Gasteiger partial charge >= 0.3 is 0 Å². The third-order valence-electron chi connectivity index (χ3n) is 3.97. The second-order valence-corrected chi connectivity index (χ2v) is 6.06. The van der Waals surface area contributed by atoms with Crippen molar-refractivity contribution in [2.45, 2.75) is 19.8 Å². The van der Waals surface area contributed by atoms with Crippen LogP contribution in [0.1, 0.15) is 30.1 Å². The van der Waals surface area contributed by atoms with E-state index in [2.05, 4.69) is 22.4 Å². The van der Waals surface area contributed by atoms with Crippen LogP contribution in [-0.2, 0) is 14.3 Å². The van der Waals surface area contributed by atoms with E-state index in [1.165, 1.54) is 0 Å². The lowest BCUT2D eigenvalue weighted by Gasteiger charge is -2.22. The molecule has 0 fully saturated rings. The van der Waals surface area contributed by atoms with Crippen LogP contribution in [0.3, 0.4) is 0 Å². The van der Waals surface area contributed by atoms with Crippen molar-refractivity contribution in [3.05, 3.63) is 30.2 Å². The summed E-state index contributed by atoms with van der Waals surface area (Å²) in [6.45, 7) is 4.25. The maximum atomic E-state index is 12.8. The molecular weight excluding hydrogens is 350 g/mol. The van der Waals surface area contributed by atoms with E-state index < -0.39 is 0 Å². The summed E-state index contributed by atoms with van der Waals surface area (Å²) < 4.78 is 12.1. The molecule has 27 heavy (non-hydrogen) atoms. The van der Waals surface area contributed by atoms with Gasteiger partial charge in [-0.3, -0.25) is 14.0 Å². The van der Waals surface area contributed by atoms with Crippen LogP contribution in [-0.4, -0.2) is 77.9 Å². The SMILES string of the molecule is CCCCOCC(=O)NCCN(CCOC)C(=O)c1ccc2nncn2c1. The fourth-order valence-corrected chi connectivity index (χ4v) is 2.45. The molecule has 1 N–H and O–H groups in total. The van der Waals surface area contributed by atoms with E-state index in [4.69, 9.17) is 9.47 Å². The van der Waals surface area contributed by atoms with Crippen molar-refractivity contribution in [2.24, 2.45) is 0 Å². The van der Waals surface area contributed by atoms with E-state index in [9.17, 15) is 9.59 Å². The highest BCUT2D eigenvalue weighted by Gasteiger charge is 2.16.